The number of aromatic nitrogens is 1. The van der Waals surface area contributed by atoms with Gasteiger partial charge < -0.3 is 20.5 Å². The third-order valence-electron chi connectivity index (χ3n) is 2.66. The largest absolute Gasteiger partial charge is 0.480 e. The Kier molecular flexibility index (Phi) is 6.96. The number of ether oxygens (including phenoxy) is 1. The first kappa shape index (κ1) is 16.4. The summed E-state index contributed by atoms with van der Waals surface area (Å²) in [7, 11) is 1.48. The molecule has 0 aliphatic carbocycles. The number of rotatable bonds is 8. The van der Waals surface area contributed by atoms with Gasteiger partial charge in [-0.25, -0.2) is 14.6 Å². The fraction of sp³-hybridized carbons (Fsp3) is 0.583. The van der Waals surface area contributed by atoms with Gasteiger partial charge in [-0.2, -0.15) is 0 Å². The monoisotopic (exact) mass is 301 g/mol. The van der Waals surface area contributed by atoms with Gasteiger partial charge >= 0.3 is 12.0 Å². The van der Waals surface area contributed by atoms with Crippen molar-refractivity contribution in [3.63, 3.8) is 0 Å². The van der Waals surface area contributed by atoms with Crippen LogP contribution in [0, 0.1) is 0 Å². The third-order valence-corrected chi connectivity index (χ3v) is 3.66. The average molecular weight is 301 g/mol. The van der Waals surface area contributed by atoms with E-state index in [1.807, 2.05) is 12.3 Å². The van der Waals surface area contributed by atoms with Crippen molar-refractivity contribution in [3.8, 4) is 0 Å². The van der Waals surface area contributed by atoms with Gasteiger partial charge in [-0.05, 0) is 0 Å². The summed E-state index contributed by atoms with van der Waals surface area (Å²) in [6, 6.07) is -1.46. The minimum absolute atomic E-state index is 0.0861. The first-order valence-electron chi connectivity index (χ1n) is 6.20. The lowest BCUT2D eigenvalue weighted by Crippen LogP contribution is -2.47. The van der Waals surface area contributed by atoms with Crippen molar-refractivity contribution in [3.05, 3.63) is 16.6 Å². The van der Waals surface area contributed by atoms with E-state index in [1.54, 1.807) is 6.20 Å². The van der Waals surface area contributed by atoms with Gasteiger partial charge in [0.2, 0.25) is 0 Å². The zero-order valence-electron chi connectivity index (χ0n) is 11.5. The maximum atomic E-state index is 11.7. The smallest absolute Gasteiger partial charge is 0.326 e. The van der Waals surface area contributed by atoms with Gasteiger partial charge in [0.25, 0.3) is 0 Å². The van der Waals surface area contributed by atoms with Crippen molar-refractivity contribution in [2.45, 2.75) is 25.3 Å². The van der Waals surface area contributed by atoms with E-state index in [2.05, 4.69) is 15.6 Å². The average Bonchev–Trinajstić information content (AvgIpc) is 2.94. The minimum Gasteiger partial charge on any atom is -0.480 e. The van der Waals surface area contributed by atoms with E-state index in [9.17, 15) is 9.59 Å². The summed E-state index contributed by atoms with van der Waals surface area (Å²) >= 11 is 1.52. The second-order valence-corrected chi connectivity index (χ2v) is 5.22. The van der Waals surface area contributed by atoms with Crippen molar-refractivity contribution in [1.82, 2.24) is 15.6 Å². The molecule has 8 heteroatoms. The van der Waals surface area contributed by atoms with E-state index in [1.165, 1.54) is 18.4 Å². The summed E-state index contributed by atoms with van der Waals surface area (Å²) in [5, 5.41) is 16.8. The van der Waals surface area contributed by atoms with Crippen LogP contribution in [0.2, 0.25) is 0 Å². The number of urea groups is 1. The Hall–Kier alpha value is -1.67. The number of amides is 2. The number of methoxy groups -OCH3 is 1. The Morgan fingerprint density at radius 1 is 1.55 bits per heavy atom. The molecule has 2 unspecified atom stereocenters. The van der Waals surface area contributed by atoms with Crippen LogP contribution in [0.3, 0.4) is 0 Å². The summed E-state index contributed by atoms with van der Waals surface area (Å²) in [5.74, 6) is -0.992. The van der Waals surface area contributed by atoms with Crippen LogP contribution in [0.15, 0.2) is 11.6 Å². The Labute approximate surface area is 121 Å². The highest BCUT2D eigenvalue weighted by atomic mass is 32.1. The summed E-state index contributed by atoms with van der Waals surface area (Å²) < 4.78 is 4.81. The molecule has 0 saturated heterocycles. The number of hydrogen-bond acceptors (Lipinski definition) is 5. The number of hydrogen-bond donors (Lipinski definition) is 3. The van der Waals surface area contributed by atoms with E-state index in [0.29, 0.717) is 6.54 Å². The topological polar surface area (TPSA) is 101 Å². The molecule has 1 aromatic rings. The zero-order valence-corrected chi connectivity index (χ0v) is 12.3. The fourth-order valence-electron chi connectivity index (χ4n) is 1.51. The second-order valence-electron chi connectivity index (χ2n) is 4.30. The highest BCUT2D eigenvalue weighted by Gasteiger charge is 2.19. The second kappa shape index (κ2) is 8.49. The summed E-state index contributed by atoms with van der Waals surface area (Å²) in [5.41, 5.74) is 0. The molecular formula is C12H19N3O4S. The molecular weight excluding hydrogens is 282 g/mol. The van der Waals surface area contributed by atoms with Crippen molar-refractivity contribution in [2.75, 3.05) is 20.3 Å². The maximum absolute atomic E-state index is 11.7. The molecule has 0 bridgehead atoms. The Balaban J connectivity index is 2.36. The van der Waals surface area contributed by atoms with Crippen molar-refractivity contribution in [2.24, 2.45) is 0 Å². The van der Waals surface area contributed by atoms with Crippen LogP contribution in [0.5, 0.6) is 0 Å². The van der Waals surface area contributed by atoms with Crippen LogP contribution in [0.25, 0.3) is 0 Å². The molecule has 112 valence electrons. The number of aliphatic carboxylic acids is 1. The molecule has 2 amide bonds. The van der Waals surface area contributed by atoms with Crippen molar-refractivity contribution in [1.29, 1.82) is 0 Å². The van der Waals surface area contributed by atoms with Gasteiger partial charge in [0.15, 0.2) is 0 Å². The zero-order chi connectivity index (χ0) is 15.0. The highest BCUT2D eigenvalue weighted by molar-refractivity contribution is 7.09. The molecule has 7 nitrogen and oxygen atoms in total. The van der Waals surface area contributed by atoms with Gasteiger partial charge in [0.05, 0.1) is 5.01 Å². The first-order chi connectivity index (χ1) is 9.54. The van der Waals surface area contributed by atoms with Crippen molar-refractivity contribution >= 4 is 23.3 Å². The molecule has 3 N–H and O–H groups in total. The predicted octanol–water partition coefficient (Wildman–Crippen LogP) is 1.04. The molecule has 0 aromatic carbocycles. The Morgan fingerprint density at radius 3 is 2.85 bits per heavy atom. The molecule has 0 aliphatic heterocycles. The number of carboxylic acids is 1. The van der Waals surface area contributed by atoms with E-state index in [0.717, 1.165) is 5.01 Å². The lowest BCUT2D eigenvalue weighted by molar-refractivity contribution is -0.139. The van der Waals surface area contributed by atoms with E-state index >= 15 is 0 Å². The van der Waals surface area contributed by atoms with Gasteiger partial charge in [-0.1, -0.05) is 6.92 Å². The molecule has 0 radical (unpaired) electrons. The van der Waals surface area contributed by atoms with Crippen LogP contribution in [-0.2, 0) is 9.53 Å². The van der Waals surface area contributed by atoms with Gasteiger partial charge in [-0.15, -0.1) is 11.3 Å². The normalized spacial score (nSPS) is 13.5. The van der Waals surface area contributed by atoms with Crippen LogP contribution in [0.4, 0.5) is 4.79 Å². The molecule has 0 spiro atoms. The molecule has 1 heterocycles. The maximum Gasteiger partial charge on any atom is 0.326 e. The minimum atomic E-state index is -1.08. The Bertz CT molecular complexity index is 424. The first-order valence-corrected chi connectivity index (χ1v) is 7.08. The number of carbonyl (C=O) groups excluding carboxylic acids is 1. The van der Waals surface area contributed by atoms with E-state index in [-0.39, 0.29) is 18.9 Å². The molecule has 20 heavy (non-hydrogen) atoms. The number of nitrogens with one attached hydrogen (secondary N) is 2. The third kappa shape index (κ3) is 5.54. The quantitative estimate of drug-likeness (QED) is 0.666. The van der Waals surface area contributed by atoms with E-state index < -0.39 is 18.0 Å². The summed E-state index contributed by atoms with van der Waals surface area (Å²) in [6.07, 6.45) is 1.93. The molecule has 0 fully saturated rings. The van der Waals surface area contributed by atoms with Crippen LogP contribution >= 0.6 is 11.3 Å². The molecule has 1 rings (SSSR count). The molecule has 1 aromatic heterocycles. The molecule has 0 aliphatic rings. The number of carboxylic acid groups (broad SMARTS) is 1. The lowest BCUT2D eigenvalue weighted by Gasteiger charge is -2.16. The highest BCUT2D eigenvalue weighted by Crippen LogP contribution is 2.16. The van der Waals surface area contributed by atoms with Crippen LogP contribution < -0.4 is 10.6 Å². The predicted molar refractivity (Wildman–Crippen MR) is 75.0 cm³/mol. The van der Waals surface area contributed by atoms with Crippen LogP contribution in [0.1, 0.15) is 24.3 Å². The standard InChI is InChI=1S/C12H19N3O4S/c1-8(10-13-4-6-20-10)7-14-12(18)15-9(11(16)17)3-5-19-2/h4,6,8-9H,3,5,7H2,1-2H3,(H,16,17)(H2,14,15,18). The van der Waals surface area contributed by atoms with Crippen molar-refractivity contribution < 1.29 is 19.4 Å². The van der Waals surface area contributed by atoms with Gasteiger partial charge in [0, 0.05) is 44.2 Å². The molecule has 0 saturated carbocycles. The number of nitrogens with zero attached hydrogens (tertiary/aromatic N) is 1. The summed E-state index contributed by atoms with van der Waals surface area (Å²) in [6.45, 7) is 2.61. The lowest BCUT2D eigenvalue weighted by atomic mass is 10.2. The molecule has 2 atom stereocenters. The van der Waals surface area contributed by atoms with Crippen LogP contribution in [-0.4, -0.2) is 48.4 Å². The SMILES string of the molecule is COCCC(NC(=O)NCC(C)c1nccs1)C(=O)O. The number of thiazole rings is 1. The fourth-order valence-corrected chi connectivity index (χ4v) is 2.21. The Morgan fingerprint density at radius 2 is 2.30 bits per heavy atom. The summed E-state index contributed by atoms with van der Waals surface area (Å²) in [4.78, 5) is 26.8. The van der Waals surface area contributed by atoms with Gasteiger partial charge in [-0.3, -0.25) is 0 Å². The van der Waals surface area contributed by atoms with Gasteiger partial charge in [0.1, 0.15) is 6.04 Å². The number of carbonyl (C=O) groups is 2. The van der Waals surface area contributed by atoms with E-state index in [4.69, 9.17) is 9.84 Å².